The van der Waals surface area contributed by atoms with Crippen molar-refractivity contribution in [1.29, 1.82) is 0 Å². The number of allylic oxidation sites excluding steroid dienone is 2. The molecule has 0 atom stereocenters. The average Bonchev–Trinajstić information content (AvgIpc) is 2.78. The Morgan fingerprint density at radius 1 is 0.516 bits per heavy atom. The Kier molecular flexibility index (Phi) is 19.1. The first-order valence-corrected chi connectivity index (χ1v) is 16.9. The van der Waals surface area contributed by atoms with Crippen LogP contribution in [-0.2, 0) is 17.7 Å². The second-order valence-electron chi connectivity index (χ2n) is 8.18. The summed E-state index contributed by atoms with van der Waals surface area (Å²) in [5, 5.41) is 0.150. The molecule has 0 saturated carbocycles. The highest BCUT2D eigenvalue weighted by atomic mass is 28.4. The minimum atomic E-state index is -2.72. The Morgan fingerprint density at radius 3 is 1.06 bits per heavy atom. The fraction of sp³-hybridized carbons (Fsp3) is 0.840. The van der Waals surface area contributed by atoms with E-state index >= 15 is 0 Å². The molecule has 184 valence electrons. The van der Waals surface area contributed by atoms with E-state index in [0.717, 1.165) is 57.8 Å². The number of unbranched alkanes of at least 4 members (excludes halogenated alkanes) is 2. The van der Waals surface area contributed by atoms with Crippen molar-refractivity contribution >= 4 is 17.1 Å². The normalized spacial score (nSPS) is 14.2. The molecule has 0 N–H and O–H groups in total. The van der Waals surface area contributed by atoms with Crippen LogP contribution in [0.1, 0.15) is 106 Å². The van der Waals surface area contributed by atoms with Crippen molar-refractivity contribution in [1.82, 2.24) is 0 Å². The van der Waals surface area contributed by atoms with Crippen molar-refractivity contribution in [2.75, 3.05) is 26.4 Å². The van der Waals surface area contributed by atoms with Crippen LogP contribution in [-0.4, -0.2) is 43.5 Å². The highest BCUT2D eigenvalue weighted by molar-refractivity contribution is 6.93. The Bertz CT molecular complexity index is 412. The zero-order valence-electron chi connectivity index (χ0n) is 21.7. The first kappa shape index (κ1) is 30.8. The van der Waals surface area contributed by atoms with Gasteiger partial charge >= 0.3 is 17.1 Å². The molecule has 0 aromatic rings. The van der Waals surface area contributed by atoms with Crippen LogP contribution in [0.3, 0.4) is 0 Å². The Balaban J connectivity index is 6.54. The second kappa shape index (κ2) is 19.2. The molecule has 0 aliphatic rings. The summed E-state index contributed by atoms with van der Waals surface area (Å²) in [7, 11) is -5.44. The molecule has 0 rings (SSSR count). The molecule has 0 aromatic heterocycles. The molecule has 0 saturated heterocycles. The maximum atomic E-state index is 6.72. The van der Waals surface area contributed by atoms with Gasteiger partial charge in [-0.3, -0.25) is 0 Å². The molecular weight excluding hydrogens is 420 g/mol. The summed E-state index contributed by atoms with van der Waals surface area (Å²) in [6.07, 6.45) is 13.8. The van der Waals surface area contributed by atoms with Gasteiger partial charge in [0.05, 0.1) is 5.16 Å². The standard InChI is InChI=1S/C25H52O4Si2/c1-8-15-17-23-30(26-19-10-3,27-20-11-4)25(14-7)31(28-21-12-5,29-22-13-6)24-18-16-9-2/h17-18,23-25H,8-16,19-22H2,1-7H3. The topological polar surface area (TPSA) is 36.9 Å². The predicted octanol–water partition coefficient (Wildman–Crippen LogP) is 7.69. The second-order valence-corrected chi connectivity index (χ2v) is 14.9. The monoisotopic (exact) mass is 472 g/mol. The summed E-state index contributed by atoms with van der Waals surface area (Å²) in [6, 6.07) is 0. The number of hydrogen-bond acceptors (Lipinski definition) is 4. The van der Waals surface area contributed by atoms with Crippen LogP contribution in [0.4, 0.5) is 0 Å². The molecule has 0 aliphatic carbocycles. The molecule has 0 amide bonds. The summed E-state index contributed by atoms with van der Waals surface area (Å²) < 4.78 is 26.9. The summed E-state index contributed by atoms with van der Waals surface area (Å²) in [5.74, 6) is 0. The van der Waals surface area contributed by atoms with Crippen LogP contribution in [0.15, 0.2) is 23.6 Å². The molecular formula is C25H52O4Si2. The molecule has 0 aliphatic heterocycles. The van der Waals surface area contributed by atoms with Crippen molar-refractivity contribution in [3.63, 3.8) is 0 Å². The molecule has 0 fully saturated rings. The van der Waals surface area contributed by atoms with E-state index in [0.29, 0.717) is 26.4 Å². The van der Waals surface area contributed by atoms with Gasteiger partial charge < -0.3 is 17.7 Å². The van der Waals surface area contributed by atoms with E-state index in [-0.39, 0.29) is 5.16 Å². The molecule has 0 unspecified atom stereocenters. The van der Waals surface area contributed by atoms with Gasteiger partial charge in [-0.05, 0) is 56.3 Å². The van der Waals surface area contributed by atoms with Gasteiger partial charge in [-0.15, -0.1) is 0 Å². The third-order valence-corrected chi connectivity index (χ3v) is 14.3. The summed E-state index contributed by atoms with van der Waals surface area (Å²) >= 11 is 0. The third kappa shape index (κ3) is 10.9. The fourth-order valence-electron chi connectivity index (χ4n) is 3.63. The highest BCUT2D eigenvalue weighted by Gasteiger charge is 2.58. The van der Waals surface area contributed by atoms with Crippen LogP contribution in [0, 0.1) is 0 Å². The summed E-state index contributed by atoms with van der Waals surface area (Å²) in [6.45, 7) is 18.2. The minimum absolute atomic E-state index is 0.150. The van der Waals surface area contributed by atoms with E-state index in [1.54, 1.807) is 0 Å². The lowest BCUT2D eigenvalue weighted by atomic mass is 10.3. The van der Waals surface area contributed by atoms with Crippen LogP contribution >= 0.6 is 0 Å². The highest BCUT2D eigenvalue weighted by Crippen LogP contribution is 2.40. The average molecular weight is 473 g/mol. The number of hydrogen-bond donors (Lipinski definition) is 0. The first-order valence-electron chi connectivity index (χ1n) is 13.0. The predicted molar refractivity (Wildman–Crippen MR) is 139 cm³/mol. The van der Waals surface area contributed by atoms with Crippen molar-refractivity contribution < 1.29 is 17.7 Å². The van der Waals surface area contributed by atoms with Gasteiger partial charge in [0.2, 0.25) is 0 Å². The summed E-state index contributed by atoms with van der Waals surface area (Å²) in [4.78, 5) is 0. The molecule has 0 aromatic carbocycles. The Morgan fingerprint density at radius 2 is 0.839 bits per heavy atom. The van der Waals surface area contributed by atoms with E-state index in [1.807, 2.05) is 0 Å². The molecule has 4 nitrogen and oxygen atoms in total. The molecule has 0 spiro atoms. The van der Waals surface area contributed by atoms with Gasteiger partial charge in [-0.25, -0.2) is 0 Å². The molecule has 0 bridgehead atoms. The van der Waals surface area contributed by atoms with Gasteiger partial charge in [0, 0.05) is 26.4 Å². The van der Waals surface area contributed by atoms with Gasteiger partial charge in [0.15, 0.2) is 0 Å². The van der Waals surface area contributed by atoms with Crippen molar-refractivity contribution in [2.45, 2.75) is 111 Å². The van der Waals surface area contributed by atoms with Crippen LogP contribution in [0.2, 0.25) is 5.16 Å². The minimum Gasteiger partial charge on any atom is -0.391 e. The van der Waals surface area contributed by atoms with Crippen LogP contribution in [0.5, 0.6) is 0 Å². The smallest absolute Gasteiger partial charge is 0.370 e. The van der Waals surface area contributed by atoms with Crippen molar-refractivity contribution in [2.24, 2.45) is 0 Å². The zero-order chi connectivity index (χ0) is 23.4. The fourth-order valence-corrected chi connectivity index (χ4v) is 13.5. The van der Waals surface area contributed by atoms with E-state index in [4.69, 9.17) is 17.7 Å². The van der Waals surface area contributed by atoms with Gasteiger partial charge in [-0.2, -0.15) is 0 Å². The molecule has 6 heteroatoms. The summed E-state index contributed by atoms with van der Waals surface area (Å²) in [5.41, 5.74) is 4.63. The van der Waals surface area contributed by atoms with Crippen LogP contribution in [0.25, 0.3) is 0 Å². The van der Waals surface area contributed by atoms with Gasteiger partial charge in [0.1, 0.15) is 0 Å². The zero-order valence-corrected chi connectivity index (χ0v) is 23.7. The maximum Gasteiger partial charge on any atom is 0.370 e. The quantitative estimate of drug-likeness (QED) is 0.160. The van der Waals surface area contributed by atoms with E-state index in [9.17, 15) is 0 Å². The van der Waals surface area contributed by atoms with Gasteiger partial charge in [-0.1, -0.05) is 73.5 Å². The maximum absolute atomic E-state index is 6.72. The Hall–Kier alpha value is -0.246. The lowest BCUT2D eigenvalue weighted by Crippen LogP contribution is -2.60. The van der Waals surface area contributed by atoms with Crippen LogP contribution < -0.4 is 0 Å². The first-order chi connectivity index (χ1) is 15.1. The largest absolute Gasteiger partial charge is 0.391 e. The lowest BCUT2D eigenvalue weighted by Gasteiger charge is -2.43. The molecule has 31 heavy (non-hydrogen) atoms. The molecule has 0 heterocycles. The van der Waals surface area contributed by atoms with Crippen molar-refractivity contribution in [3.05, 3.63) is 23.6 Å². The van der Waals surface area contributed by atoms with E-state index < -0.39 is 17.1 Å². The third-order valence-electron chi connectivity index (χ3n) is 5.12. The SMILES string of the molecule is CCCC=C[Si](OCCC)(OCCC)C(CC)[Si](C=CCCC)(OCCC)OCCC. The molecule has 0 radical (unpaired) electrons. The lowest BCUT2D eigenvalue weighted by molar-refractivity contribution is 0.145. The Labute approximate surface area is 196 Å². The number of rotatable bonds is 21. The van der Waals surface area contributed by atoms with E-state index in [2.05, 4.69) is 72.0 Å². The van der Waals surface area contributed by atoms with Gasteiger partial charge in [0.25, 0.3) is 0 Å². The van der Waals surface area contributed by atoms with Crippen molar-refractivity contribution in [3.8, 4) is 0 Å². The van der Waals surface area contributed by atoms with E-state index in [1.165, 1.54) is 0 Å².